The van der Waals surface area contributed by atoms with Crippen molar-refractivity contribution in [2.75, 3.05) is 40.4 Å². The van der Waals surface area contributed by atoms with E-state index in [-0.39, 0.29) is 12.1 Å². The molecular weight excluding hydrogens is 286 g/mol. The highest BCUT2D eigenvalue weighted by Crippen LogP contribution is 2.21. The summed E-state index contributed by atoms with van der Waals surface area (Å²) >= 11 is 0. The fourth-order valence-electron chi connectivity index (χ4n) is 2.36. The summed E-state index contributed by atoms with van der Waals surface area (Å²) in [7, 11) is 5.00. The zero-order valence-corrected chi connectivity index (χ0v) is 13.3. The van der Waals surface area contributed by atoms with Crippen molar-refractivity contribution in [3.8, 4) is 0 Å². The van der Waals surface area contributed by atoms with Crippen molar-refractivity contribution in [1.82, 2.24) is 20.0 Å². The maximum atomic E-state index is 11.2. The minimum Gasteiger partial charge on any atom is -0.469 e. The molecule has 1 aliphatic rings. The monoisotopic (exact) mass is 309 g/mol. The molecule has 2 heterocycles. The van der Waals surface area contributed by atoms with Gasteiger partial charge in [0, 0.05) is 38.9 Å². The van der Waals surface area contributed by atoms with Gasteiger partial charge in [-0.05, 0) is 0 Å². The molecular formula is C14H23N5O3. The Hall–Kier alpha value is -2.09. The minimum absolute atomic E-state index is 0.0263. The highest BCUT2D eigenvalue weighted by molar-refractivity contribution is 5.80. The summed E-state index contributed by atoms with van der Waals surface area (Å²) in [6.45, 7) is 2.57. The highest BCUT2D eigenvalue weighted by Gasteiger charge is 2.25. The molecule has 22 heavy (non-hydrogen) atoms. The van der Waals surface area contributed by atoms with Gasteiger partial charge in [0.2, 0.25) is 0 Å². The van der Waals surface area contributed by atoms with E-state index < -0.39 is 0 Å². The summed E-state index contributed by atoms with van der Waals surface area (Å²) in [5.74, 6) is 0.527. The lowest BCUT2D eigenvalue weighted by molar-refractivity contribution is -0.140. The van der Waals surface area contributed by atoms with Gasteiger partial charge in [-0.15, -0.1) is 0 Å². The molecule has 0 amide bonds. The van der Waals surface area contributed by atoms with E-state index in [1.165, 1.54) is 7.11 Å². The summed E-state index contributed by atoms with van der Waals surface area (Å²) in [4.78, 5) is 17.5. The van der Waals surface area contributed by atoms with Gasteiger partial charge in [0.25, 0.3) is 0 Å². The lowest BCUT2D eigenvalue weighted by atomic mass is 10.1. The Morgan fingerprint density at radius 2 is 2.45 bits per heavy atom. The van der Waals surface area contributed by atoms with Crippen LogP contribution in [0.5, 0.6) is 0 Å². The number of carbonyl (C=O) groups is 1. The average molecular weight is 309 g/mol. The van der Waals surface area contributed by atoms with E-state index in [4.69, 9.17) is 4.74 Å². The maximum Gasteiger partial charge on any atom is 0.307 e. The first-order valence-electron chi connectivity index (χ1n) is 7.26. The van der Waals surface area contributed by atoms with Crippen molar-refractivity contribution in [1.29, 1.82) is 0 Å². The Labute approximate surface area is 130 Å². The predicted octanol–water partition coefficient (Wildman–Crippen LogP) is -0.0681. The number of esters is 1. The average Bonchev–Trinajstić information content (AvgIpc) is 2.98. The zero-order valence-electron chi connectivity index (χ0n) is 13.3. The van der Waals surface area contributed by atoms with Gasteiger partial charge in [0.05, 0.1) is 32.9 Å². The second kappa shape index (κ2) is 7.79. The van der Waals surface area contributed by atoms with Gasteiger partial charge < -0.3 is 19.7 Å². The number of aromatic nitrogens is 2. The fourth-order valence-corrected chi connectivity index (χ4v) is 2.36. The molecule has 0 saturated carbocycles. The van der Waals surface area contributed by atoms with Crippen LogP contribution in [0.4, 0.5) is 0 Å². The number of hydrogen-bond acceptors (Lipinski definition) is 5. The summed E-state index contributed by atoms with van der Waals surface area (Å²) in [6, 6.07) is 0. The van der Waals surface area contributed by atoms with Crippen LogP contribution in [-0.4, -0.2) is 67.0 Å². The van der Waals surface area contributed by atoms with Crippen LogP contribution in [0.1, 0.15) is 18.1 Å². The predicted molar refractivity (Wildman–Crippen MR) is 81.5 cm³/mol. The Morgan fingerprint density at radius 3 is 3.09 bits per heavy atom. The molecule has 122 valence electrons. The number of hydrogen-bond donors (Lipinski definition) is 1. The minimum atomic E-state index is -0.238. The quantitative estimate of drug-likeness (QED) is 0.476. The number of morpholine rings is 1. The summed E-state index contributed by atoms with van der Waals surface area (Å²) < 4.78 is 12.2. The molecule has 1 aromatic rings. The fraction of sp³-hybridized carbons (Fsp3) is 0.643. The maximum absolute atomic E-state index is 11.2. The lowest BCUT2D eigenvalue weighted by Gasteiger charge is -2.34. The van der Waals surface area contributed by atoms with E-state index in [0.29, 0.717) is 26.1 Å². The number of nitrogens with one attached hydrogen (secondary N) is 1. The molecule has 8 heteroatoms. The molecule has 1 fully saturated rings. The first-order chi connectivity index (χ1) is 10.6. The van der Waals surface area contributed by atoms with Gasteiger partial charge in [-0.2, -0.15) is 5.10 Å². The molecule has 0 bridgehead atoms. The summed E-state index contributed by atoms with van der Waals surface area (Å²) in [5, 5.41) is 7.36. The molecule has 8 nitrogen and oxygen atoms in total. The Kier molecular flexibility index (Phi) is 5.76. The highest BCUT2D eigenvalue weighted by atomic mass is 16.5. The van der Waals surface area contributed by atoms with Gasteiger partial charge in [-0.1, -0.05) is 0 Å². The van der Waals surface area contributed by atoms with Crippen molar-refractivity contribution < 1.29 is 14.3 Å². The third kappa shape index (κ3) is 4.20. The van der Waals surface area contributed by atoms with E-state index in [2.05, 4.69) is 25.0 Å². The van der Waals surface area contributed by atoms with Crippen molar-refractivity contribution in [2.24, 2.45) is 12.0 Å². The lowest BCUT2D eigenvalue weighted by Crippen LogP contribution is -2.48. The molecule has 1 N–H and O–H groups in total. The van der Waals surface area contributed by atoms with Crippen LogP contribution in [0.25, 0.3) is 0 Å². The molecule has 1 aliphatic heterocycles. The van der Waals surface area contributed by atoms with Crippen LogP contribution < -0.4 is 5.32 Å². The topological polar surface area (TPSA) is 81.0 Å². The molecule has 1 unspecified atom stereocenters. The number of aryl methyl sites for hydroxylation is 1. The number of carbonyl (C=O) groups excluding carboxylic acids is 1. The summed E-state index contributed by atoms with van der Waals surface area (Å²) in [5.41, 5.74) is 1.05. The number of nitrogens with zero attached hydrogens (tertiary/aromatic N) is 4. The Bertz CT molecular complexity index is 528. The van der Waals surface area contributed by atoms with Crippen LogP contribution in [0.2, 0.25) is 0 Å². The number of aliphatic imine (C=N–C) groups is 1. The second-order valence-corrected chi connectivity index (χ2v) is 5.05. The van der Waals surface area contributed by atoms with E-state index in [1.54, 1.807) is 11.7 Å². The third-order valence-corrected chi connectivity index (χ3v) is 3.51. The smallest absolute Gasteiger partial charge is 0.307 e. The molecule has 2 rings (SSSR count). The van der Waals surface area contributed by atoms with Gasteiger partial charge >= 0.3 is 5.97 Å². The molecule has 0 aliphatic carbocycles. The largest absolute Gasteiger partial charge is 0.469 e. The Morgan fingerprint density at radius 1 is 1.64 bits per heavy atom. The number of methoxy groups -OCH3 is 1. The summed E-state index contributed by atoms with van der Waals surface area (Å²) in [6.07, 6.45) is 4.07. The molecule has 1 saturated heterocycles. The molecule has 0 radical (unpaired) electrons. The first kappa shape index (κ1) is 16.3. The molecule has 1 atom stereocenters. The Balaban J connectivity index is 1.90. The van der Waals surface area contributed by atoms with E-state index >= 15 is 0 Å². The van der Waals surface area contributed by atoms with E-state index in [0.717, 1.165) is 18.1 Å². The van der Waals surface area contributed by atoms with Crippen molar-refractivity contribution in [3.05, 3.63) is 18.0 Å². The number of rotatable bonds is 4. The molecule has 1 aromatic heterocycles. The van der Waals surface area contributed by atoms with Crippen molar-refractivity contribution >= 4 is 11.9 Å². The molecule has 0 aromatic carbocycles. The van der Waals surface area contributed by atoms with Crippen molar-refractivity contribution in [2.45, 2.75) is 12.5 Å². The first-order valence-corrected chi connectivity index (χ1v) is 7.26. The third-order valence-electron chi connectivity index (χ3n) is 3.51. The van der Waals surface area contributed by atoms with Gasteiger partial charge in [0.1, 0.15) is 6.10 Å². The normalized spacial score (nSPS) is 19.1. The van der Waals surface area contributed by atoms with Gasteiger partial charge in [0.15, 0.2) is 5.96 Å². The number of ether oxygens (including phenoxy) is 2. The van der Waals surface area contributed by atoms with Crippen LogP contribution in [0.15, 0.2) is 17.4 Å². The van der Waals surface area contributed by atoms with Gasteiger partial charge in [-0.3, -0.25) is 14.5 Å². The van der Waals surface area contributed by atoms with Crippen LogP contribution in [0, 0.1) is 0 Å². The SMILES string of the molecule is CN=C(NCCC(=O)OC)N1CCOC(c2cnn(C)c2)C1. The van der Waals surface area contributed by atoms with Crippen LogP contribution in [0.3, 0.4) is 0 Å². The number of guanidine groups is 1. The van der Waals surface area contributed by atoms with E-state index in [1.807, 2.05) is 19.4 Å². The van der Waals surface area contributed by atoms with Crippen LogP contribution in [-0.2, 0) is 21.3 Å². The van der Waals surface area contributed by atoms with Crippen LogP contribution >= 0.6 is 0 Å². The zero-order chi connectivity index (χ0) is 15.9. The molecule has 0 spiro atoms. The van der Waals surface area contributed by atoms with Crippen molar-refractivity contribution in [3.63, 3.8) is 0 Å². The second-order valence-electron chi connectivity index (χ2n) is 5.05. The van der Waals surface area contributed by atoms with Gasteiger partial charge in [-0.25, -0.2) is 0 Å². The van der Waals surface area contributed by atoms with E-state index in [9.17, 15) is 4.79 Å². The standard InChI is InChI=1S/C14H23N5O3/c1-15-14(16-5-4-13(20)21-3)19-6-7-22-12(10-19)11-8-17-18(2)9-11/h8-9,12H,4-7,10H2,1-3H3,(H,15,16).